The SMILES string of the molecule is CCOC(=O)CN1CCN(C(=O)CCN(CC(C)CC(=O)NO)S(=O)(=O)c2ccc(OC)cc2)CC1. The molecule has 0 radical (unpaired) electrons. The van der Waals surface area contributed by atoms with Gasteiger partial charge in [-0.1, -0.05) is 6.92 Å². The molecule has 2 amide bonds. The largest absolute Gasteiger partial charge is 0.497 e. The maximum atomic E-state index is 13.4. The summed E-state index contributed by atoms with van der Waals surface area (Å²) in [5.74, 6) is -1.03. The summed E-state index contributed by atoms with van der Waals surface area (Å²) in [6, 6.07) is 5.93. The second kappa shape index (κ2) is 14.1. The number of amides is 2. The maximum absolute atomic E-state index is 13.4. The van der Waals surface area contributed by atoms with E-state index in [1.807, 2.05) is 4.90 Å². The van der Waals surface area contributed by atoms with Gasteiger partial charge >= 0.3 is 5.97 Å². The number of nitrogens with one attached hydrogen (secondary N) is 1. The lowest BCUT2D eigenvalue weighted by atomic mass is 10.1. The predicted octanol–water partition coefficient (Wildman–Crippen LogP) is 0.315. The highest BCUT2D eigenvalue weighted by molar-refractivity contribution is 7.89. The first-order chi connectivity index (χ1) is 17.1. The molecule has 1 unspecified atom stereocenters. The van der Waals surface area contributed by atoms with E-state index in [-0.39, 0.29) is 49.2 Å². The van der Waals surface area contributed by atoms with E-state index in [9.17, 15) is 22.8 Å². The molecule has 1 aliphatic heterocycles. The van der Waals surface area contributed by atoms with Crippen LogP contribution in [0.3, 0.4) is 0 Å². The molecule has 202 valence electrons. The number of piperazine rings is 1. The van der Waals surface area contributed by atoms with Crippen LogP contribution in [0.25, 0.3) is 0 Å². The Morgan fingerprint density at radius 2 is 1.78 bits per heavy atom. The molecule has 1 saturated heterocycles. The fourth-order valence-corrected chi connectivity index (χ4v) is 5.46. The highest BCUT2D eigenvalue weighted by Gasteiger charge is 2.29. The van der Waals surface area contributed by atoms with Crippen molar-refractivity contribution in [1.29, 1.82) is 0 Å². The summed E-state index contributed by atoms with van der Waals surface area (Å²) in [4.78, 5) is 39.7. The Kier molecular flexibility index (Phi) is 11.6. The summed E-state index contributed by atoms with van der Waals surface area (Å²) in [5.41, 5.74) is 1.55. The Balaban J connectivity index is 2.04. The number of hydrogen-bond donors (Lipinski definition) is 2. The van der Waals surface area contributed by atoms with E-state index >= 15 is 0 Å². The van der Waals surface area contributed by atoms with Crippen molar-refractivity contribution in [1.82, 2.24) is 19.6 Å². The minimum absolute atomic E-state index is 0.0115. The molecular weight excluding hydrogens is 492 g/mol. The predicted molar refractivity (Wildman–Crippen MR) is 130 cm³/mol. The van der Waals surface area contributed by atoms with E-state index in [0.717, 1.165) is 0 Å². The molecule has 0 bridgehead atoms. The number of methoxy groups -OCH3 is 1. The van der Waals surface area contributed by atoms with Crippen LogP contribution in [-0.4, -0.2) is 105 Å². The van der Waals surface area contributed by atoms with E-state index in [0.29, 0.717) is 38.5 Å². The van der Waals surface area contributed by atoms with Crippen LogP contribution in [0.15, 0.2) is 29.2 Å². The smallest absolute Gasteiger partial charge is 0.320 e. The molecular formula is C23H36N4O8S. The number of hydroxylamine groups is 1. The molecule has 1 aliphatic rings. The van der Waals surface area contributed by atoms with Crippen LogP contribution in [-0.2, 0) is 29.1 Å². The third-order valence-corrected chi connectivity index (χ3v) is 7.71. The quantitative estimate of drug-likeness (QED) is 0.210. The van der Waals surface area contributed by atoms with Crippen LogP contribution < -0.4 is 10.2 Å². The summed E-state index contributed by atoms with van der Waals surface area (Å²) in [5, 5.41) is 8.80. The number of ether oxygens (including phenoxy) is 2. The first kappa shape index (κ1) is 29.5. The van der Waals surface area contributed by atoms with Crippen molar-refractivity contribution >= 4 is 27.8 Å². The number of esters is 1. The Hall–Kier alpha value is -2.74. The average Bonchev–Trinajstić information content (AvgIpc) is 2.86. The summed E-state index contributed by atoms with van der Waals surface area (Å²) >= 11 is 0. The number of carbonyl (C=O) groups excluding carboxylic acids is 3. The topological polar surface area (TPSA) is 146 Å². The molecule has 2 rings (SSSR count). The second-order valence-corrected chi connectivity index (χ2v) is 10.5. The van der Waals surface area contributed by atoms with E-state index in [4.69, 9.17) is 14.7 Å². The van der Waals surface area contributed by atoms with Crippen molar-refractivity contribution in [2.24, 2.45) is 5.92 Å². The van der Waals surface area contributed by atoms with Crippen LogP contribution in [0.4, 0.5) is 0 Å². The van der Waals surface area contributed by atoms with Crippen LogP contribution in [0.2, 0.25) is 0 Å². The third kappa shape index (κ3) is 8.73. The van der Waals surface area contributed by atoms with Crippen molar-refractivity contribution in [2.45, 2.75) is 31.6 Å². The van der Waals surface area contributed by atoms with Gasteiger partial charge in [0, 0.05) is 52.1 Å². The maximum Gasteiger partial charge on any atom is 0.320 e. The van der Waals surface area contributed by atoms with Gasteiger partial charge in [-0.25, -0.2) is 13.9 Å². The zero-order chi connectivity index (χ0) is 26.7. The van der Waals surface area contributed by atoms with Gasteiger partial charge in [-0.05, 0) is 37.1 Å². The van der Waals surface area contributed by atoms with Gasteiger partial charge in [-0.2, -0.15) is 4.31 Å². The average molecular weight is 529 g/mol. The number of rotatable bonds is 13. The normalized spacial score (nSPS) is 15.4. The van der Waals surface area contributed by atoms with Gasteiger partial charge < -0.3 is 14.4 Å². The second-order valence-electron chi connectivity index (χ2n) is 8.59. The van der Waals surface area contributed by atoms with Crippen LogP contribution >= 0.6 is 0 Å². The highest BCUT2D eigenvalue weighted by Crippen LogP contribution is 2.22. The van der Waals surface area contributed by atoms with E-state index in [2.05, 4.69) is 0 Å². The van der Waals surface area contributed by atoms with Gasteiger partial charge in [-0.3, -0.25) is 24.5 Å². The van der Waals surface area contributed by atoms with Crippen LogP contribution in [0.1, 0.15) is 26.7 Å². The molecule has 1 aromatic rings. The van der Waals surface area contributed by atoms with Gasteiger partial charge in [0.15, 0.2) is 0 Å². The van der Waals surface area contributed by atoms with Crippen molar-refractivity contribution in [3.8, 4) is 5.75 Å². The van der Waals surface area contributed by atoms with E-state index in [1.165, 1.54) is 35.7 Å². The lowest BCUT2D eigenvalue weighted by molar-refractivity contribution is -0.145. The third-order valence-electron chi connectivity index (χ3n) is 5.83. The molecule has 0 spiro atoms. The number of nitrogens with zero attached hydrogens (tertiary/aromatic N) is 3. The van der Waals surface area contributed by atoms with E-state index < -0.39 is 21.8 Å². The fraction of sp³-hybridized carbons (Fsp3) is 0.609. The van der Waals surface area contributed by atoms with Gasteiger partial charge in [0.1, 0.15) is 5.75 Å². The standard InChI is InChI=1S/C23H36N4O8S/c1-4-35-23(30)17-25-11-13-26(14-12-25)22(29)9-10-27(16-18(2)15-21(28)24-31)36(32,33)20-7-5-19(34-3)6-8-20/h5-8,18,31H,4,9-17H2,1-3H3,(H,24,28). The van der Waals surface area contributed by atoms with Gasteiger partial charge in [0.25, 0.3) is 0 Å². The lowest BCUT2D eigenvalue weighted by Gasteiger charge is -2.34. The zero-order valence-electron chi connectivity index (χ0n) is 21.0. The molecule has 0 aromatic heterocycles. The Bertz CT molecular complexity index is 978. The zero-order valence-corrected chi connectivity index (χ0v) is 21.8. The molecule has 1 fully saturated rings. The minimum Gasteiger partial charge on any atom is -0.497 e. The van der Waals surface area contributed by atoms with E-state index in [1.54, 1.807) is 24.2 Å². The van der Waals surface area contributed by atoms with Crippen molar-refractivity contribution in [3.63, 3.8) is 0 Å². The fourth-order valence-electron chi connectivity index (χ4n) is 3.90. The Labute approximate surface area is 212 Å². The van der Waals surface area contributed by atoms with Crippen molar-refractivity contribution in [2.75, 3.05) is 59.5 Å². The molecule has 1 atom stereocenters. The molecule has 0 saturated carbocycles. The van der Waals surface area contributed by atoms with Crippen LogP contribution in [0.5, 0.6) is 5.75 Å². The molecule has 1 heterocycles. The molecule has 13 heteroatoms. The molecule has 0 aliphatic carbocycles. The van der Waals surface area contributed by atoms with Gasteiger partial charge in [-0.15, -0.1) is 0 Å². The summed E-state index contributed by atoms with van der Waals surface area (Å²) < 4.78 is 38.0. The van der Waals surface area contributed by atoms with Gasteiger partial charge in [0.05, 0.1) is 25.2 Å². The molecule has 2 N–H and O–H groups in total. The monoisotopic (exact) mass is 528 g/mol. The minimum atomic E-state index is -3.96. The Morgan fingerprint density at radius 3 is 2.33 bits per heavy atom. The number of benzene rings is 1. The summed E-state index contributed by atoms with van der Waals surface area (Å²) in [6.45, 7) is 5.74. The first-order valence-electron chi connectivity index (χ1n) is 11.8. The molecule has 36 heavy (non-hydrogen) atoms. The van der Waals surface area contributed by atoms with Gasteiger partial charge in [0.2, 0.25) is 21.8 Å². The molecule has 1 aromatic carbocycles. The lowest BCUT2D eigenvalue weighted by Crippen LogP contribution is -2.50. The molecule has 12 nitrogen and oxygen atoms in total. The summed E-state index contributed by atoms with van der Waals surface area (Å²) in [6.07, 6.45) is -0.117. The number of sulfonamides is 1. The van der Waals surface area contributed by atoms with Crippen LogP contribution in [0, 0.1) is 5.92 Å². The number of hydrogen-bond acceptors (Lipinski definition) is 9. The van der Waals surface area contributed by atoms with Crippen molar-refractivity contribution < 1.29 is 37.5 Å². The van der Waals surface area contributed by atoms with Crippen molar-refractivity contribution in [3.05, 3.63) is 24.3 Å². The number of carbonyl (C=O) groups is 3. The first-order valence-corrected chi connectivity index (χ1v) is 13.3. The highest BCUT2D eigenvalue weighted by atomic mass is 32.2. The Morgan fingerprint density at radius 1 is 1.14 bits per heavy atom. The summed E-state index contributed by atoms with van der Waals surface area (Å²) in [7, 11) is -2.49.